The monoisotopic (exact) mass is 398 g/mol. The molecule has 0 aromatic heterocycles. The van der Waals surface area contributed by atoms with E-state index in [1.807, 2.05) is 32.9 Å². The molecule has 0 fully saturated rings. The molecule has 0 aliphatic carbocycles. The molecule has 0 saturated heterocycles. The molecule has 0 atom stereocenters. The molecule has 1 amide bonds. The number of rotatable bonds is 6. The lowest BCUT2D eigenvalue weighted by atomic mass is 10.2. The zero-order valence-corrected chi connectivity index (χ0v) is 16.4. The maximum absolute atomic E-state index is 11.5. The van der Waals surface area contributed by atoms with Gasteiger partial charge in [-0.25, -0.2) is 4.79 Å². The predicted molar refractivity (Wildman–Crippen MR) is 101 cm³/mol. The molecule has 1 rings (SSSR count). The van der Waals surface area contributed by atoms with Gasteiger partial charge >= 0.3 is 6.09 Å². The van der Waals surface area contributed by atoms with Crippen LogP contribution in [0.25, 0.3) is 0 Å². The number of aliphatic imine (C=N–C) groups is 1. The second-order valence-corrected chi connectivity index (χ2v) is 7.18. The molecule has 0 bridgehead atoms. The SMILES string of the molecule is CN=C(NCCCNC(=O)OC(C)(C)C)NCc1cccc(Br)c1. The molecule has 134 valence electrons. The fraction of sp³-hybridized carbons (Fsp3) is 0.529. The van der Waals surface area contributed by atoms with Crippen LogP contribution in [-0.2, 0) is 11.3 Å². The molecule has 1 aromatic carbocycles. The molecule has 0 heterocycles. The van der Waals surface area contributed by atoms with Gasteiger partial charge in [-0.05, 0) is 44.9 Å². The van der Waals surface area contributed by atoms with Gasteiger partial charge in [0.15, 0.2) is 5.96 Å². The summed E-state index contributed by atoms with van der Waals surface area (Å²) in [6.45, 7) is 7.47. The first-order valence-corrected chi connectivity index (χ1v) is 8.75. The molecule has 0 spiro atoms. The number of hydrogen-bond donors (Lipinski definition) is 3. The number of alkyl carbamates (subject to hydrolysis) is 1. The maximum Gasteiger partial charge on any atom is 0.407 e. The Hall–Kier alpha value is -1.76. The van der Waals surface area contributed by atoms with Crippen LogP contribution in [0, 0.1) is 0 Å². The second kappa shape index (κ2) is 10.2. The highest BCUT2D eigenvalue weighted by Gasteiger charge is 2.15. The van der Waals surface area contributed by atoms with Crippen LogP contribution in [0.3, 0.4) is 0 Å². The van der Waals surface area contributed by atoms with Crippen LogP contribution >= 0.6 is 15.9 Å². The summed E-state index contributed by atoms with van der Waals surface area (Å²) < 4.78 is 6.23. The fourth-order valence-electron chi connectivity index (χ4n) is 1.85. The summed E-state index contributed by atoms with van der Waals surface area (Å²) in [6.07, 6.45) is 0.385. The van der Waals surface area contributed by atoms with Crippen LogP contribution in [0.4, 0.5) is 4.79 Å². The number of guanidine groups is 1. The Morgan fingerprint density at radius 3 is 2.54 bits per heavy atom. The van der Waals surface area contributed by atoms with E-state index >= 15 is 0 Å². The van der Waals surface area contributed by atoms with E-state index in [1.54, 1.807) is 7.05 Å². The summed E-state index contributed by atoms with van der Waals surface area (Å²) in [5.74, 6) is 0.729. The summed E-state index contributed by atoms with van der Waals surface area (Å²) in [4.78, 5) is 15.7. The van der Waals surface area contributed by atoms with E-state index in [4.69, 9.17) is 4.74 Å². The van der Waals surface area contributed by atoms with Crippen LogP contribution in [0.1, 0.15) is 32.8 Å². The van der Waals surface area contributed by atoms with E-state index in [0.29, 0.717) is 19.6 Å². The van der Waals surface area contributed by atoms with Crippen molar-refractivity contribution in [2.24, 2.45) is 4.99 Å². The molecular formula is C17H27BrN4O2. The molecule has 0 unspecified atom stereocenters. The van der Waals surface area contributed by atoms with Crippen molar-refractivity contribution >= 4 is 28.0 Å². The average Bonchev–Trinajstić information content (AvgIpc) is 2.48. The molecule has 0 radical (unpaired) electrons. The van der Waals surface area contributed by atoms with E-state index in [0.717, 1.165) is 16.9 Å². The normalized spacial score (nSPS) is 11.8. The summed E-state index contributed by atoms with van der Waals surface area (Å²) in [5.41, 5.74) is 0.694. The Morgan fingerprint density at radius 2 is 1.92 bits per heavy atom. The number of nitrogens with one attached hydrogen (secondary N) is 3. The molecule has 3 N–H and O–H groups in total. The third-order valence-corrected chi connectivity index (χ3v) is 3.38. The number of hydrogen-bond acceptors (Lipinski definition) is 3. The maximum atomic E-state index is 11.5. The summed E-state index contributed by atoms with van der Waals surface area (Å²) in [6, 6.07) is 8.11. The topological polar surface area (TPSA) is 74.8 Å². The number of halogens is 1. The minimum Gasteiger partial charge on any atom is -0.444 e. The highest BCUT2D eigenvalue weighted by molar-refractivity contribution is 9.10. The third-order valence-electron chi connectivity index (χ3n) is 2.89. The zero-order valence-electron chi connectivity index (χ0n) is 14.8. The fourth-order valence-corrected chi connectivity index (χ4v) is 2.30. The van der Waals surface area contributed by atoms with E-state index in [-0.39, 0.29) is 6.09 Å². The number of carbonyl (C=O) groups is 1. The van der Waals surface area contributed by atoms with Gasteiger partial charge in [0.1, 0.15) is 5.60 Å². The molecule has 6 nitrogen and oxygen atoms in total. The lowest BCUT2D eigenvalue weighted by molar-refractivity contribution is 0.0527. The summed E-state index contributed by atoms with van der Waals surface area (Å²) >= 11 is 3.46. The van der Waals surface area contributed by atoms with Gasteiger partial charge in [-0.15, -0.1) is 0 Å². The van der Waals surface area contributed by atoms with Crippen LogP contribution in [-0.4, -0.2) is 37.8 Å². The predicted octanol–water partition coefficient (Wildman–Crippen LogP) is 3.03. The molecule has 0 aliphatic rings. The number of ether oxygens (including phenoxy) is 1. The van der Waals surface area contributed by atoms with Gasteiger partial charge in [0.2, 0.25) is 0 Å². The van der Waals surface area contributed by atoms with Crippen molar-refractivity contribution < 1.29 is 9.53 Å². The van der Waals surface area contributed by atoms with Gasteiger partial charge in [0.25, 0.3) is 0 Å². The Labute approximate surface area is 152 Å². The second-order valence-electron chi connectivity index (χ2n) is 6.26. The third kappa shape index (κ3) is 9.39. The highest BCUT2D eigenvalue weighted by atomic mass is 79.9. The Kier molecular flexibility index (Phi) is 8.60. The van der Waals surface area contributed by atoms with Crippen LogP contribution < -0.4 is 16.0 Å². The van der Waals surface area contributed by atoms with Gasteiger partial charge in [-0.1, -0.05) is 28.1 Å². The zero-order chi connectivity index (χ0) is 18.0. The van der Waals surface area contributed by atoms with Crippen molar-refractivity contribution in [3.63, 3.8) is 0 Å². The number of carbonyl (C=O) groups excluding carboxylic acids is 1. The minimum atomic E-state index is -0.472. The number of benzene rings is 1. The Balaban J connectivity index is 2.19. The summed E-state index contributed by atoms with van der Waals surface area (Å²) in [5, 5.41) is 9.19. The van der Waals surface area contributed by atoms with Crippen LogP contribution in [0.15, 0.2) is 33.7 Å². The van der Waals surface area contributed by atoms with Crippen molar-refractivity contribution in [3.05, 3.63) is 34.3 Å². The Morgan fingerprint density at radius 1 is 1.21 bits per heavy atom. The molecule has 24 heavy (non-hydrogen) atoms. The van der Waals surface area contributed by atoms with E-state index in [2.05, 4.69) is 49.0 Å². The molecule has 1 aromatic rings. The van der Waals surface area contributed by atoms with Gasteiger partial charge in [-0.3, -0.25) is 4.99 Å². The van der Waals surface area contributed by atoms with Gasteiger partial charge in [-0.2, -0.15) is 0 Å². The summed E-state index contributed by atoms with van der Waals surface area (Å²) in [7, 11) is 1.73. The van der Waals surface area contributed by atoms with Crippen molar-refractivity contribution in [2.75, 3.05) is 20.1 Å². The number of amides is 1. The highest BCUT2D eigenvalue weighted by Crippen LogP contribution is 2.11. The van der Waals surface area contributed by atoms with E-state index < -0.39 is 5.60 Å². The van der Waals surface area contributed by atoms with E-state index in [1.165, 1.54) is 5.56 Å². The van der Waals surface area contributed by atoms with E-state index in [9.17, 15) is 4.79 Å². The Bertz CT molecular complexity index is 556. The number of nitrogens with zero attached hydrogens (tertiary/aromatic N) is 1. The van der Waals surface area contributed by atoms with Crippen LogP contribution in [0.2, 0.25) is 0 Å². The van der Waals surface area contributed by atoms with Gasteiger partial charge in [0.05, 0.1) is 0 Å². The molecule has 0 aliphatic heterocycles. The van der Waals surface area contributed by atoms with Crippen molar-refractivity contribution in [2.45, 2.75) is 39.3 Å². The van der Waals surface area contributed by atoms with Crippen LogP contribution in [0.5, 0.6) is 0 Å². The first kappa shape index (κ1) is 20.3. The first-order chi connectivity index (χ1) is 11.3. The lowest BCUT2D eigenvalue weighted by Crippen LogP contribution is -2.39. The smallest absolute Gasteiger partial charge is 0.407 e. The molecular weight excluding hydrogens is 372 g/mol. The largest absolute Gasteiger partial charge is 0.444 e. The van der Waals surface area contributed by atoms with Crippen molar-refractivity contribution in [3.8, 4) is 0 Å². The molecule has 7 heteroatoms. The lowest BCUT2D eigenvalue weighted by Gasteiger charge is -2.19. The van der Waals surface area contributed by atoms with Crippen molar-refractivity contribution in [1.82, 2.24) is 16.0 Å². The minimum absolute atomic E-state index is 0.389. The van der Waals surface area contributed by atoms with Gasteiger partial charge < -0.3 is 20.7 Å². The standard InChI is InChI=1S/C17H27BrN4O2/c1-17(2,3)24-16(23)21-10-6-9-20-15(19-4)22-12-13-7-5-8-14(18)11-13/h5,7-8,11H,6,9-10,12H2,1-4H3,(H,21,23)(H2,19,20,22). The molecule has 0 saturated carbocycles. The quantitative estimate of drug-likeness (QED) is 0.391. The first-order valence-electron chi connectivity index (χ1n) is 7.96. The van der Waals surface area contributed by atoms with Crippen molar-refractivity contribution in [1.29, 1.82) is 0 Å². The average molecular weight is 399 g/mol. The van der Waals surface area contributed by atoms with Gasteiger partial charge in [0, 0.05) is 31.2 Å².